The van der Waals surface area contributed by atoms with Gasteiger partial charge in [-0.15, -0.1) is 6.42 Å². The fourth-order valence-electron chi connectivity index (χ4n) is 9.07. The lowest BCUT2D eigenvalue weighted by Gasteiger charge is -2.58. The number of aliphatic hydroxyl groups is 1. The van der Waals surface area contributed by atoms with Gasteiger partial charge in [0.1, 0.15) is 17.4 Å². The van der Waals surface area contributed by atoms with Crippen LogP contribution in [0.2, 0.25) is 0 Å². The van der Waals surface area contributed by atoms with Crippen molar-refractivity contribution >= 4 is 28.5 Å². The maximum absolute atomic E-state index is 12.6. The number of aromatic hydroxyl groups is 1. The van der Waals surface area contributed by atoms with Crippen LogP contribution in [0, 0.1) is 40.9 Å². The van der Waals surface area contributed by atoms with Crippen LogP contribution in [0.1, 0.15) is 70.8 Å². The van der Waals surface area contributed by atoms with E-state index in [2.05, 4.69) is 41.3 Å². The molecule has 4 aliphatic rings. The summed E-state index contributed by atoms with van der Waals surface area (Å²) in [4.78, 5) is 32.9. The minimum absolute atomic E-state index is 0.0767. The second-order valence-corrected chi connectivity index (χ2v) is 13.6. The monoisotopic (exact) mass is 587 g/mol. The molecule has 9 heteroatoms. The number of carbonyl (C=O) groups excluding carboxylic acids is 1. The molecule has 0 spiro atoms. The predicted octanol–water partition coefficient (Wildman–Crippen LogP) is 4.69. The zero-order chi connectivity index (χ0) is 30.6. The number of aromatic amines is 1. The number of carboxylic acids is 1. The molecule has 3 fully saturated rings. The highest BCUT2D eigenvalue weighted by Gasteiger charge is 2.63. The van der Waals surface area contributed by atoms with Gasteiger partial charge in [0, 0.05) is 35.0 Å². The van der Waals surface area contributed by atoms with Crippen LogP contribution in [0.15, 0.2) is 41.2 Å². The van der Waals surface area contributed by atoms with Gasteiger partial charge in [-0.3, -0.25) is 4.79 Å². The quantitative estimate of drug-likeness (QED) is 0.235. The van der Waals surface area contributed by atoms with Crippen molar-refractivity contribution in [2.24, 2.45) is 33.7 Å². The van der Waals surface area contributed by atoms with Gasteiger partial charge in [0.05, 0.1) is 5.71 Å². The van der Waals surface area contributed by atoms with Crippen LogP contribution in [-0.4, -0.2) is 56.1 Å². The highest BCUT2D eigenvalue weighted by atomic mass is 16.6. The third-order valence-corrected chi connectivity index (χ3v) is 11.6. The molecule has 5 N–H and O–H groups in total. The van der Waals surface area contributed by atoms with Gasteiger partial charge in [-0.25, -0.2) is 4.79 Å². The SMILES string of the molecule is C#C[C@]1(O)CC[C@@H]2[C@@H]3CCC4=CC(=NOCC(=O)N[C@@H](Cc5c[nH]c6cc(O)ccc56)C(=O)O)CC[C@]4(C)[C@@H]3CC[C@@]21C. The van der Waals surface area contributed by atoms with E-state index in [1.807, 2.05) is 0 Å². The standard InChI is InChI=1S/C34H41N3O6/c1-4-34(42)14-11-27-25-7-5-21-16-22(9-12-32(21,2)26(25)10-13-33(27,34)3)37-43-19-30(39)36-29(31(40)41)15-20-18-35-28-17-23(38)6-8-24(20)28/h1,6,8,16-18,25-27,29,35,38,42H,5,7,9-15,19H2,2-3H3,(H,36,39)(H,40,41)/t25-,26-,27-,29+,32+,33+,34+/m1/s1. The smallest absolute Gasteiger partial charge is 0.326 e. The van der Waals surface area contributed by atoms with Gasteiger partial charge in [0.25, 0.3) is 5.91 Å². The van der Waals surface area contributed by atoms with Crippen molar-refractivity contribution in [3.05, 3.63) is 41.6 Å². The first-order valence-corrected chi connectivity index (χ1v) is 15.4. The van der Waals surface area contributed by atoms with Crippen LogP contribution in [0.25, 0.3) is 10.9 Å². The number of hydrogen-bond donors (Lipinski definition) is 5. The Kier molecular flexibility index (Phi) is 7.32. The summed E-state index contributed by atoms with van der Waals surface area (Å²) in [5.74, 6) is 2.71. The molecule has 1 amide bonds. The highest BCUT2D eigenvalue weighted by Crippen LogP contribution is 2.67. The lowest BCUT2D eigenvalue weighted by molar-refractivity contribution is -0.142. The molecule has 9 nitrogen and oxygen atoms in total. The Balaban J connectivity index is 1.07. The Morgan fingerprint density at radius 3 is 2.74 bits per heavy atom. The van der Waals surface area contributed by atoms with Crippen LogP contribution in [0.5, 0.6) is 5.75 Å². The zero-order valence-electron chi connectivity index (χ0n) is 24.9. The second kappa shape index (κ2) is 10.7. The van der Waals surface area contributed by atoms with Crippen LogP contribution in [0.3, 0.4) is 0 Å². The number of oxime groups is 1. The average molecular weight is 588 g/mol. The molecule has 7 atom stereocenters. The molecule has 0 saturated heterocycles. The van der Waals surface area contributed by atoms with E-state index < -0.39 is 23.5 Å². The molecule has 4 aliphatic carbocycles. The lowest BCUT2D eigenvalue weighted by Crippen LogP contribution is -2.54. The maximum Gasteiger partial charge on any atom is 0.326 e. The maximum atomic E-state index is 12.6. The minimum atomic E-state index is -1.15. The Morgan fingerprint density at radius 2 is 1.98 bits per heavy atom. The number of nitrogens with zero attached hydrogens (tertiary/aromatic N) is 1. The van der Waals surface area contributed by atoms with Gasteiger partial charge < -0.3 is 30.5 Å². The molecule has 0 aliphatic heterocycles. The molecule has 3 saturated carbocycles. The zero-order valence-corrected chi connectivity index (χ0v) is 24.9. The van der Waals surface area contributed by atoms with E-state index in [-0.39, 0.29) is 29.6 Å². The fourth-order valence-corrected chi connectivity index (χ4v) is 9.07. The summed E-state index contributed by atoms with van der Waals surface area (Å²) in [7, 11) is 0. The topological polar surface area (TPSA) is 144 Å². The lowest BCUT2D eigenvalue weighted by atomic mass is 9.46. The number of fused-ring (bicyclic) bond motifs is 6. The van der Waals surface area contributed by atoms with Gasteiger partial charge >= 0.3 is 5.97 Å². The molecule has 6 rings (SSSR count). The molecule has 1 aromatic carbocycles. The molecular weight excluding hydrogens is 546 g/mol. The van der Waals surface area contributed by atoms with Crippen molar-refractivity contribution in [2.75, 3.05) is 6.61 Å². The Labute approximate surface area is 251 Å². The number of rotatable bonds is 7. The van der Waals surface area contributed by atoms with Crippen molar-refractivity contribution in [3.63, 3.8) is 0 Å². The van der Waals surface area contributed by atoms with Gasteiger partial charge in [0.15, 0.2) is 6.61 Å². The molecule has 0 bridgehead atoms. The summed E-state index contributed by atoms with van der Waals surface area (Å²) < 4.78 is 0. The number of aliphatic carboxylic acids is 1. The third-order valence-electron chi connectivity index (χ3n) is 11.6. The highest BCUT2D eigenvalue weighted by molar-refractivity contribution is 5.96. The molecule has 1 aromatic heterocycles. The van der Waals surface area contributed by atoms with Crippen LogP contribution in [0.4, 0.5) is 0 Å². The molecule has 228 valence electrons. The average Bonchev–Trinajstić information content (AvgIpc) is 3.49. The van der Waals surface area contributed by atoms with Crippen LogP contribution in [-0.2, 0) is 20.8 Å². The number of amides is 1. The van der Waals surface area contributed by atoms with Crippen molar-refractivity contribution in [1.29, 1.82) is 0 Å². The summed E-state index contributed by atoms with van der Waals surface area (Å²) in [6.45, 7) is 4.22. The molecule has 43 heavy (non-hydrogen) atoms. The number of aromatic nitrogens is 1. The molecule has 0 radical (unpaired) electrons. The van der Waals surface area contributed by atoms with Crippen molar-refractivity contribution in [3.8, 4) is 18.1 Å². The minimum Gasteiger partial charge on any atom is -0.508 e. The number of carbonyl (C=O) groups is 2. The normalized spacial score (nSPS) is 34.8. The van der Waals surface area contributed by atoms with Gasteiger partial charge in [-0.2, -0.15) is 0 Å². The van der Waals surface area contributed by atoms with E-state index >= 15 is 0 Å². The number of hydrogen-bond acceptors (Lipinski definition) is 6. The van der Waals surface area contributed by atoms with E-state index in [1.165, 1.54) is 11.6 Å². The number of benzene rings is 1. The van der Waals surface area contributed by atoms with E-state index in [0.717, 1.165) is 61.6 Å². The Bertz CT molecular complexity index is 1550. The number of nitrogens with one attached hydrogen (secondary N) is 2. The number of H-pyrrole nitrogens is 1. The fraction of sp³-hybridized carbons (Fsp3) is 0.559. The first-order valence-electron chi connectivity index (χ1n) is 15.4. The third kappa shape index (κ3) is 4.90. The van der Waals surface area contributed by atoms with Crippen LogP contribution >= 0.6 is 0 Å². The Morgan fingerprint density at radius 1 is 1.19 bits per heavy atom. The van der Waals surface area contributed by atoms with E-state index in [0.29, 0.717) is 29.7 Å². The van der Waals surface area contributed by atoms with E-state index in [4.69, 9.17) is 11.3 Å². The number of phenolic OH excluding ortho intramolecular Hbond substituents is 1. The largest absolute Gasteiger partial charge is 0.508 e. The van der Waals surface area contributed by atoms with E-state index in [1.54, 1.807) is 18.3 Å². The molecular formula is C34H41N3O6. The number of phenols is 1. The molecule has 0 unspecified atom stereocenters. The summed E-state index contributed by atoms with van der Waals surface area (Å²) in [5, 5.41) is 38.2. The summed E-state index contributed by atoms with van der Waals surface area (Å²) >= 11 is 0. The second-order valence-electron chi connectivity index (χ2n) is 13.6. The number of terminal acetylenes is 1. The van der Waals surface area contributed by atoms with E-state index in [9.17, 15) is 24.9 Å². The molecule has 1 heterocycles. The molecule has 2 aromatic rings. The predicted molar refractivity (Wildman–Crippen MR) is 162 cm³/mol. The first kappa shape index (κ1) is 29.3. The van der Waals surface area contributed by atoms with Crippen molar-refractivity contribution < 1.29 is 29.7 Å². The number of carboxylic acid groups (broad SMARTS) is 1. The van der Waals surface area contributed by atoms with Gasteiger partial charge in [-0.1, -0.05) is 30.5 Å². The van der Waals surface area contributed by atoms with Crippen molar-refractivity contribution in [2.45, 2.75) is 83.3 Å². The first-order chi connectivity index (χ1) is 20.5. The van der Waals surface area contributed by atoms with Crippen molar-refractivity contribution in [1.82, 2.24) is 10.3 Å². The van der Waals surface area contributed by atoms with Crippen LogP contribution < -0.4 is 5.32 Å². The van der Waals surface area contributed by atoms with Gasteiger partial charge in [-0.05, 0) is 98.3 Å². The summed E-state index contributed by atoms with van der Waals surface area (Å²) in [6, 6.07) is 3.68. The number of allylic oxidation sites excluding steroid dienone is 2. The summed E-state index contributed by atoms with van der Waals surface area (Å²) in [6.07, 6.45) is 17.2. The summed E-state index contributed by atoms with van der Waals surface area (Å²) in [5.41, 5.74) is 2.46. The van der Waals surface area contributed by atoms with Gasteiger partial charge in [0.2, 0.25) is 0 Å². The Hall–Kier alpha value is -3.77.